The van der Waals surface area contributed by atoms with Crippen LogP contribution in [0.25, 0.3) is 6.08 Å². The van der Waals surface area contributed by atoms with Crippen LogP contribution in [-0.4, -0.2) is 21.2 Å². The third-order valence-electron chi connectivity index (χ3n) is 2.76. The molecule has 0 amide bonds. The van der Waals surface area contributed by atoms with Crippen LogP contribution in [0.4, 0.5) is 0 Å². The number of aromatic nitrogens is 1. The number of pyridine rings is 1. The first kappa shape index (κ1) is 14.2. The number of halogens is 1. The monoisotopic (exact) mass is 289 g/mol. The van der Waals surface area contributed by atoms with Crippen molar-refractivity contribution in [3.05, 3.63) is 70.5 Å². The van der Waals surface area contributed by atoms with Gasteiger partial charge in [0.25, 0.3) is 0 Å². The van der Waals surface area contributed by atoms with E-state index >= 15 is 0 Å². The van der Waals surface area contributed by atoms with Crippen molar-refractivity contribution < 1.29 is 15.0 Å². The maximum absolute atomic E-state index is 11.3. The molecular weight excluding hydrogens is 278 g/mol. The summed E-state index contributed by atoms with van der Waals surface area (Å²) in [5.74, 6) is -1.21. The fourth-order valence-electron chi connectivity index (χ4n) is 1.73. The van der Waals surface area contributed by atoms with Crippen LogP contribution in [0.1, 0.15) is 17.2 Å². The molecule has 2 rings (SSSR count). The lowest BCUT2D eigenvalue weighted by Gasteiger charge is -2.12. The number of carbonyl (C=O) groups is 1. The van der Waals surface area contributed by atoms with Gasteiger partial charge in [0.1, 0.15) is 6.10 Å². The van der Waals surface area contributed by atoms with Crippen molar-refractivity contribution in [3.8, 4) is 0 Å². The van der Waals surface area contributed by atoms with Crippen molar-refractivity contribution in [2.45, 2.75) is 6.10 Å². The van der Waals surface area contributed by atoms with E-state index in [0.717, 1.165) is 0 Å². The zero-order valence-electron chi connectivity index (χ0n) is 10.4. The van der Waals surface area contributed by atoms with E-state index in [1.807, 2.05) is 0 Å². The fourth-order valence-corrected chi connectivity index (χ4v) is 1.92. The number of hydrogen-bond acceptors (Lipinski definition) is 3. The Morgan fingerprint density at radius 3 is 2.60 bits per heavy atom. The van der Waals surface area contributed by atoms with Crippen LogP contribution in [0.2, 0.25) is 5.02 Å². The van der Waals surface area contributed by atoms with Crippen LogP contribution in [-0.2, 0) is 4.79 Å². The van der Waals surface area contributed by atoms with Gasteiger partial charge in [-0.2, -0.15) is 0 Å². The molecule has 0 spiro atoms. The highest BCUT2D eigenvalue weighted by atomic mass is 35.5. The lowest BCUT2D eigenvalue weighted by molar-refractivity contribution is -0.133. The number of aliphatic hydroxyl groups is 1. The average Bonchev–Trinajstić information content (AvgIpc) is 2.46. The molecule has 0 aliphatic carbocycles. The Kier molecular flexibility index (Phi) is 4.50. The molecule has 1 aromatic heterocycles. The van der Waals surface area contributed by atoms with Crippen molar-refractivity contribution in [2.75, 3.05) is 0 Å². The summed E-state index contributed by atoms with van der Waals surface area (Å²) in [5.41, 5.74) is 0.786. The van der Waals surface area contributed by atoms with Gasteiger partial charge in [0.15, 0.2) is 0 Å². The van der Waals surface area contributed by atoms with Crippen LogP contribution in [0.3, 0.4) is 0 Å². The Labute approximate surface area is 121 Å². The molecule has 4 nitrogen and oxygen atoms in total. The molecule has 5 heteroatoms. The largest absolute Gasteiger partial charge is 0.478 e. The molecule has 102 valence electrons. The molecular formula is C15H12ClNO3. The number of aliphatic carboxylic acids is 1. The van der Waals surface area contributed by atoms with Gasteiger partial charge in [-0.25, -0.2) is 4.79 Å². The molecule has 2 aromatic rings. The number of carboxylic acids is 1. The van der Waals surface area contributed by atoms with E-state index in [1.165, 1.54) is 12.3 Å². The average molecular weight is 290 g/mol. The highest BCUT2D eigenvalue weighted by molar-refractivity contribution is 6.32. The van der Waals surface area contributed by atoms with E-state index in [1.54, 1.807) is 42.6 Å². The van der Waals surface area contributed by atoms with Crippen molar-refractivity contribution >= 4 is 23.6 Å². The smallest absolute Gasteiger partial charge is 0.334 e. The molecule has 0 saturated carbocycles. The van der Waals surface area contributed by atoms with Gasteiger partial charge in [-0.3, -0.25) is 4.98 Å². The van der Waals surface area contributed by atoms with E-state index in [2.05, 4.69) is 4.98 Å². The topological polar surface area (TPSA) is 70.4 Å². The van der Waals surface area contributed by atoms with E-state index in [9.17, 15) is 15.0 Å². The second-order valence-corrected chi connectivity index (χ2v) is 4.52. The highest BCUT2D eigenvalue weighted by Crippen LogP contribution is 2.25. The lowest BCUT2D eigenvalue weighted by Crippen LogP contribution is -2.11. The number of rotatable bonds is 4. The SMILES string of the molecule is O=C(O)C(=Cc1ccccc1Cl)C(O)c1cccnc1. The standard InChI is InChI=1S/C15H12ClNO3/c16-13-6-2-1-4-10(13)8-12(15(19)20)14(18)11-5-3-7-17-9-11/h1-9,14,18H,(H,19,20). The van der Waals surface area contributed by atoms with Gasteiger partial charge in [-0.1, -0.05) is 35.9 Å². The van der Waals surface area contributed by atoms with Crippen molar-refractivity contribution in [2.24, 2.45) is 0 Å². The van der Waals surface area contributed by atoms with E-state index < -0.39 is 12.1 Å². The Morgan fingerprint density at radius 1 is 1.25 bits per heavy atom. The first-order valence-electron chi connectivity index (χ1n) is 5.87. The summed E-state index contributed by atoms with van der Waals surface area (Å²) in [6.45, 7) is 0. The minimum Gasteiger partial charge on any atom is -0.478 e. The molecule has 1 heterocycles. The number of benzene rings is 1. The normalized spacial score (nSPS) is 13.0. The van der Waals surface area contributed by atoms with Gasteiger partial charge in [0, 0.05) is 23.0 Å². The fraction of sp³-hybridized carbons (Fsp3) is 0.0667. The number of hydrogen-bond donors (Lipinski definition) is 2. The summed E-state index contributed by atoms with van der Waals surface area (Å²) in [4.78, 5) is 15.2. The van der Waals surface area contributed by atoms with E-state index in [-0.39, 0.29) is 5.57 Å². The van der Waals surface area contributed by atoms with Gasteiger partial charge >= 0.3 is 5.97 Å². The number of carboxylic acid groups (broad SMARTS) is 1. The molecule has 1 atom stereocenters. The van der Waals surface area contributed by atoms with Crippen LogP contribution in [0, 0.1) is 0 Å². The molecule has 1 aromatic carbocycles. The van der Waals surface area contributed by atoms with Crippen LogP contribution < -0.4 is 0 Å². The predicted octanol–water partition coefficient (Wildman–Crippen LogP) is 2.94. The van der Waals surface area contributed by atoms with E-state index in [0.29, 0.717) is 16.1 Å². The minimum absolute atomic E-state index is 0.161. The third-order valence-corrected chi connectivity index (χ3v) is 3.10. The first-order valence-corrected chi connectivity index (χ1v) is 6.25. The summed E-state index contributed by atoms with van der Waals surface area (Å²) in [6, 6.07) is 10.1. The summed E-state index contributed by atoms with van der Waals surface area (Å²) < 4.78 is 0. The molecule has 0 aliphatic heterocycles. The van der Waals surface area contributed by atoms with Gasteiger partial charge in [0.05, 0.1) is 5.57 Å². The van der Waals surface area contributed by atoms with Gasteiger partial charge < -0.3 is 10.2 Å². The van der Waals surface area contributed by atoms with Crippen molar-refractivity contribution in [3.63, 3.8) is 0 Å². The number of nitrogens with zero attached hydrogens (tertiary/aromatic N) is 1. The third kappa shape index (κ3) is 3.23. The van der Waals surface area contributed by atoms with E-state index in [4.69, 9.17) is 11.6 Å². The molecule has 0 saturated heterocycles. The summed E-state index contributed by atoms with van der Waals surface area (Å²) in [6.07, 6.45) is 3.07. The lowest BCUT2D eigenvalue weighted by atomic mass is 10.0. The second kappa shape index (κ2) is 6.32. The molecule has 0 aliphatic rings. The summed E-state index contributed by atoms with van der Waals surface area (Å²) in [5, 5.41) is 19.9. The second-order valence-electron chi connectivity index (χ2n) is 4.12. The quantitative estimate of drug-likeness (QED) is 0.849. The molecule has 2 N–H and O–H groups in total. The van der Waals surface area contributed by atoms with Crippen molar-refractivity contribution in [1.82, 2.24) is 4.98 Å². The van der Waals surface area contributed by atoms with Gasteiger partial charge in [-0.05, 0) is 23.8 Å². The zero-order valence-corrected chi connectivity index (χ0v) is 11.2. The summed E-state index contributed by atoms with van der Waals surface area (Å²) >= 11 is 5.99. The van der Waals surface area contributed by atoms with Crippen molar-refractivity contribution in [1.29, 1.82) is 0 Å². The highest BCUT2D eigenvalue weighted by Gasteiger charge is 2.20. The molecule has 0 radical (unpaired) electrons. The summed E-state index contributed by atoms with van der Waals surface area (Å²) in [7, 11) is 0. The minimum atomic E-state index is -1.27. The van der Waals surface area contributed by atoms with Crippen LogP contribution in [0.5, 0.6) is 0 Å². The molecule has 1 unspecified atom stereocenters. The Morgan fingerprint density at radius 2 is 2.00 bits per heavy atom. The maximum atomic E-state index is 11.3. The van der Waals surface area contributed by atoms with Crippen LogP contribution in [0.15, 0.2) is 54.4 Å². The first-order chi connectivity index (χ1) is 9.59. The maximum Gasteiger partial charge on any atom is 0.334 e. The Bertz CT molecular complexity index is 641. The molecule has 20 heavy (non-hydrogen) atoms. The Balaban J connectivity index is 2.42. The Hall–Kier alpha value is -2.17. The van der Waals surface area contributed by atoms with Gasteiger partial charge in [0.2, 0.25) is 0 Å². The number of aliphatic hydroxyl groups excluding tert-OH is 1. The predicted molar refractivity (Wildman–Crippen MR) is 76.3 cm³/mol. The van der Waals surface area contributed by atoms with Crippen LogP contribution >= 0.6 is 11.6 Å². The molecule has 0 fully saturated rings. The van der Waals surface area contributed by atoms with Gasteiger partial charge in [-0.15, -0.1) is 0 Å². The zero-order chi connectivity index (χ0) is 14.5. The molecule has 0 bridgehead atoms.